The third-order valence-corrected chi connectivity index (χ3v) is 2.81. The average molecular weight is 233 g/mol. The highest BCUT2D eigenvalue weighted by atomic mass is 16.5. The number of hydrogen-bond acceptors (Lipinski definition) is 3. The molecule has 2 rings (SSSR count). The van der Waals surface area contributed by atoms with Gasteiger partial charge in [-0.2, -0.15) is 0 Å². The second-order valence-electron chi connectivity index (χ2n) is 4.80. The van der Waals surface area contributed by atoms with Crippen LogP contribution in [0, 0.1) is 5.41 Å². The monoisotopic (exact) mass is 233 g/mol. The third-order valence-electron chi connectivity index (χ3n) is 2.81. The Hall–Kier alpha value is -1.32. The molecular formula is C14H19NO2. The topological polar surface area (TPSA) is 44.5 Å². The number of rotatable bonds is 5. The van der Waals surface area contributed by atoms with Gasteiger partial charge in [-0.3, -0.25) is 0 Å². The molecule has 1 aromatic rings. The quantitative estimate of drug-likeness (QED) is 0.846. The molecule has 1 aliphatic heterocycles. The van der Waals surface area contributed by atoms with E-state index >= 15 is 0 Å². The van der Waals surface area contributed by atoms with Crippen molar-refractivity contribution in [3.63, 3.8) is 0 Å². The lowest BCUT2D eigenvalue weighted by atomic mass is 9.90. The van der Waals surface area contributed by atoms with E-state index in [2.05, 4.69) is 6.92 Å². The Kier molecular flexibility index (Phi) is 3.82. The zero-order valence-electron chi connectivity index (χ0n) is 10.2. The molecule has 2 N–H and O–H groups in total. The highest BCUT2D eigenvalue weighted by molar-refractivity contribution is 5.50. The van der Waals surface area contributed by atoms with E-state index in [9.17, 15) is 0 Å². The van der Waals surface area contributed by atoms with Gasteiger partial charge in [0.1, 0.15) is 5.75 Å². The van der Waals surface area contributed by atoms with Crippen molar-refractivity contribution in [1.82, 2.24) is 0 Å². The standard InChI is InChI=1S/C14H19NO2/c1-14(9-16-10-14)11-17-13-6-4-12(5-7-13)3-2-8-15/h2-7H,8-11,15H2,1H3/b3-2+. The zero-order chi connectivity index (χ0) is 12.1. The van der Waals surface area contributed by atoms with E-state index in [-0.39, 0.29) is 5.41 Å². The molecule has 0 spiro atoms. The first kappa shape index (κ1) is 12.1. The molecule has 0 amide bonds. The molecule has 0 saturated carbocycles. The average Bonchev–Trinajstić information content (AvgIpc) is 2.33. The van der Waals surface area contributed by atoms with Crippen LogP contribution in [0.3, 0.4) is 0 Å². The smallest absolute Gasteiger partial charge is 0.119 e. The molecular weight excluding hydrogens is 214 g/mol. The van der Waals surface area contributed by atoms with E-state index < -0.39 is 0 Å². The molecule has 1 aromatic carbocycles. The van der Waals surface area contributed by atoms with Gasteiger partial charge in [-0.05, 0) is 17.7 Å². The van der Waals surface area contributed by atoms with Crippen molar-refractivity contribution in [2.24, 2.45) is 11.1 Å². The van der Waals surface area contributed by atoms with Gasteiger partial charge in [0.2, 0.25) is 0 Å². The van der Waals surface area contributed by atoms with Gasteiger partial charge in [-0.1, -0.05) is 31.2 Å². The molecule has 1 aliphatic rings. The molecule has 0 atom stereocenters. The van der Waals surface area contributed by atoms with E-state index in [1.807, 2.05) is 36.4 Å². The van der Waals surface area contributed by atoms with Crippen molar-refractivity contribution >= 4 is 6.08 Å². The number of nitrogens with two attached hydrogens (primary N) is 1. The summed E-state index contributed by atoms with van der Waals surface area (Å²) in [5, 5.41) is 0. The maximum Gasteiger partial charge on any atom is 0.119 e. The Morgan fingerprint density at radius 2 is 2.06 bits per heavy atom. The highest BCUT2D eigenvalue weighted by Crippen LogP contribution is 2.27. The molecule has 0 aliphatic carbocycles. The zero-order valence-corrected chi connectivity index (χ0v) is 10.2. The van der Waals surface area contributed by atoms with Crippen LogP contribution in [0.5, 0.6) is 5.75 Å². The van der Waals surface area contributed by atoms with Gasteiger partial charge in [0.05, 0.1) is 19.8 Å². The van der Waals surface area contributed by atoms with E-state index in [0.717, 1.165) is 24.5 Å². The Morgan fingerprint density at radius 1 is 1.35 bits per heavy atom. The first-order valence-corrected chi connectivity index (χ1v) is 5.89. The van der Waals surface area contributed by atoms with E-state index in [1.165, 1.54) is 0 Å². The summed E-state index contributed by atoms with van der Waals surface area (Å²) in [6, 6.07) is 8.03. The van der Waals surface area contributed by atoms with Crippen LogP contribution < -0.4 is 10.5 Å². The van der Waals surface area contributed by atoms with Crippen LogP contribution >= 0.6 is 0 Å². The fraction of sp³-hybridized carbons (Fsp3) is 0.429. The van der Waals surface area contributed by atoms with E-state index in [4.69, 9.17) is 15.2 Å². The molecule has 17 heavy (non-hydrogen) atoms. The summed E-state index contributed by atoms with van der Waals surface area (Å²) in [5.41, 5.74) is 6.73. The maximum absolute atomic E-state index is 5.74. The van der Waals surface area contributed by atoms with Crippen LogP contribution in [0.1, 0.15) is 12.5 Å². The summed E-state index contributed by atoms with van der Waals surface area (Å²) < 4.78 is 10.9. The Morgan fingerprint density at radius 3 is 2.59 bits per heavy atom. The summed E-state index contributed by atoms with van der Waals surface area (Å²) in [6.07, 6.45) is 3.94. The van der Waals surface area contributed by atoms with Crippen molar-refractivity contribution in [3.05, 3.63) is 35.9 Å². The van der Waals surface area contributed by atoms with Crippen LogP contribution in [-0.4, -0.2) is 26.4 Å². The molecule has 0 unspecified atom stereocenters. The van der Waals surface area contributed by atoms with Gasteiger partial charge in [0.15, 0.2) is 0 Å². The van der Waals surface area contributed by atoms with Crippen LogP contribution in [0.15, 0.2) is 30.3 Å². The summed E-state index contributed by atoms with van der Waals surface area (Å²) in [4.78, 5) is 0. The second kappa shape index (κ2) is 5.34. The van der Waals surface area contributed by atoms with Crippen LogP contribution in [0.4, 0.5) is 0 Å². The van der Waals surface area contributed by atoms with Gasteiger partial charge < -0.3 is 15.2 Å². The molecule has 0 bridgehead atoms. The van der Waals surface area contributed by atoms with Crippen LogP contribution in [-0.2, 0) is 4.74 Å². The second-order valence-corrected chi connectivity index (χ2v) is 4.80. The molecule has 3 nitrogen and oxygen atoms in total. The predicted octanol–water partition coefficient (Wildman–Crippen LogP) is 2.07. The minimum absolute atomic E-state index is 0.193. The van der Waals surface area contributed by atoms with Crippen molar-refractivity contribution in [1.29, 1.82) is 0 Å². The normalized spacial score (nSPS) is 18.0. The lowest BCUT2D eigenvalue weighted by Gasteiger charge is -2.37. The SMILES string of the molecule is CC1(COc2ccc(/C=C/CN)cc2)COC1. The molecule has 0 aromatic heterocycles. The van der Waals surface area contributed by atoms with Crippen LogP contribution in [0.2, 0.25) is 0 Å². The maximum atomic E-state index is 5.74. The summed E-state index contributed by atoms with van der Waals surface area (Å²) in [7, 11) is 0. The molecule has 1 fully saturated rings. The number of benzene rings is 1. The van der Waals surface area contributed by atoms with Gasteiger partial charge in [0.25, 0.3) is 0 Å². The Labute approximate surface area is 102 Å². The summed E-state index contributed by atoms with van der Waals surface area (Å²) >= 11 is 0. The largest absolute Gasteiger partial charge is 0.493 e. The summed E-state index contributed by atoms with van der Waals surface area (Å²) in [5.74, 6) is 0.906. The van der Waals surface area contributed by atoms with E-state index in [0.29, 0.717) is 13.2 Å². The fourth-order valence-corrected chi connectivity index (χ4v) is 1.67. The Bertz CT molecular complexity index is 380. The molecule has 3 heteroatoms. The van der Waals surface area contributed by atoms with Gasteiger partial charge in [-0.15, -0.1) is 0 Å². The van der Waals surface area contributed by atoms with Crippen molar-refractivity contribution in [2.45, 2.75) is 6.92 Å². The van der Waals surface area contributed by atoms with E-state index in [1.54, 1.807) is 0 Å². The summed E-state index contributed by atoms with van der Waals surface area (Å²) in [6.45, 7) is 5.05. The lowest BCUT2D eigenvalue weighted by molar-refractivity contribution is -0.120. The van der Waals surface area contributed by atoms with Gasteiger partial charge in [0, 0.05) is 12.0 Å². The Balaban J connectivity index is 1.87. The minimum atomic E-state index is 0.193. The van der Waals surface area contributed by atoms with Gasteiger partial charge in [-0.25, -0.2) is 0 Å². The first-order valence-electron chi connectivity index (χ1n) is 5.89. The third kappa shape index (κ3) is 3.32. The lowest BCUT2D eigenvalue weighted by Crippen LogP contribution is -2.44. The predicted molar refractivity (Wildman–Crippen MR) is 69.0 cm³/mol. The van der Waals surface area contributed by atoms with Crippen LogP contribution in [0.25, 0.3) is 6.08 Å². The minimum Gasteiger partial charge on any atom is -0.493 e. The van der Waals surface area contributed by atoms with Crippen molar-refractivity contribution in [3.8, 4) is 5.75 Å². The fourth-order valence-electron chi connectivity index (χ4n) is 1.67. The van der Waals surface area contributed by atoms with Crippen molar-refractivity contribution in [2.75, 3.05) is 26.4 Å². The number of hydrogen-bond donors (Lipinski definition) is 1. The molecule has 92 valence electrons. The molecule has 0 radical (unpaired) electrons. The van der Waals surface area contributed by atoms with Gasteiger partial charge >= 0.3 is 0 Å². The first-order chi connectivity index (χ1) is 8.22. The van der Waals surface area contributed by atoms with Crippen molar-refractivity contribution < 1.29 is 9.47 Å². The highest BCUT2D eigenvalue weighted by Gasteiger charge is 2.34. The molecule has 1 heterocycles. The number of ether oxygens (including phenoxy) is 2. The molecule has 1 saturated heterocycles.